The molecule has 0 spiro atoms. The quantitative estimate of drug-likeness (QED) is 0.408. The van der Waals surface area contributed by atoms with E-state index in [0.717, 1.165) is 10.0 Å². The van der Waals surface area contributed by atoms with Crippen molar-refractivity contribution >= 4 is 72.6 Å². The molecule has 0 saturated carbocycles. The molecule has 2 fully saturated rings. The lowest BCUT2D eigenvalue weighted by molar-refractivity contribution is -0.204. The third-order valence-electron chi connectivity index (χ3n) is 8.60. The van der Waals surface area contributed by atoms with Gasteiger partial charge in [-0.1, -0.05) is 51.3 Å². The minimum Gasteiger partial charge on any atom is -0.361 e. The van der Waals surface area contributed by atoms with Crippen molar-refractivity contribution in [3.63, 3.8) is 0 Å². The number of anilines is 2. The molecule has 3 N–H and O–H groups in total. The molecule has 16 heteroatoms. The predicted octanol–water partition coefficient (Wildman–Crippen LogP) is 3.08. The first kappa shape index (κ1) is 31.4. The molecule has 1 aromatic heterocycles. The molecule has 2 amide bonds. The van der Waals surface area contributed by atoms with Gasteiger partial charge in [0.2, 0.25) is 11.9 Å². The van der Waals surface area contributed by atoms with Gasteiger partial charge in [0.15, 0.2) is 11.4 Å². The lowest BCUT2D eigenvalue weighted by Crippen LogP contribution is -2.76. The molecule has 3 aliphatic rings. The van der Waals surface area contributed by atoms with Gasteiger partial charge in [0.25, 0.3) is 15.9 Å². The van der Waals surface area contributed by atoms with Crippen molar-refractivity contribution in [2.24, 2.45) is 5.73 Å². The third-order valence-corrected chi connectivity index (χ3v) is 11.4. The van der Waals surface area contributed by atoms with E-state index in [1.807, 2.05) is 24.3 Å². The summed E-state index contributed by atoms with van der Waals surface area (Å²) < 4.78 is 32.4. The molecule has 2 unspecified atom stereocenters. The van der Waals surface area contributed by atoms with Gasteiger partial charge < -0.3 is 15.7 Å². The Morgan fingerprint density at radius 3 is 2.43 bits per heavy atom. The van der Waals surface area contributed by atoms with E-state index in [0.29, 0.717) is 15.7 Å². The van der Waals surface area contributed by atoms with E-state index in [1.54, 1.807) is 24.0 Å². The van der Waals surface area contributed by atoms with E-state index in [2.05, 4.69) is 20.9 Å². The van der Waals surface area contributed by atoms with Gasteiger partial charge in [-0.25, -0.2) is 23.2 Å². The number of amides is 2. The van der Waals surface area contributed by atoms with Crippen molar-refractivity contribution < 1.29 is 23.1 Å². The highest BCUT2D eigenvalue weighted by Gasteiger charge is 2.54. The second-order valence-electron chi connectivity index (χ2n) is 11.5. The van der Waals surface area contributed by atoms with E-state index >= 15 is 0 Å². The standard InChI is InChI=1S/C28H30BrCl2N7O5S/c1-17(39)35-8-7-28(32)16-34(9-10-36(28)26(35)41)44(42,43)23-15-33-25-37(22-12-20(30)11-21(31)13-22)24(40)27(2,38(23)25)14-18-3-5-19(29)6-4-18/h3-6,11-13,15,26,41H,7-10,14,16,32H2,1-2H3/t26?,27-,28?/m1/s1. The highest BCUT2D eigenvalue weighted by molar-refractivity contribution is 9.10. The smallest absolute Gasteiger partial charge is 0.260 e. The van der Waals surface area contributed by atoms with Gasteiger partial charge >= 0.3 is 0 Å². The molecule has 0 aliphatic carbocycles. The molecule has 0 bridgehead atoms. The van der Waals surface area contributed by atoms with Crippen molar-refractivity contribution in [2.45, 2.75) is 49.3 Å². The molecule has 234 valence electrons. The van der Waals surface area contributed by atoms with Crippen LogP contribution in [0.4, 0.5) is 11.6 Å². The summed E-state index contributed by atoms with van der Waals surface area (Å²) in [6.45, 7) is 3.17. The van der Waals surface area contributed by atoms with Gasteiger partial charge in [0.1, 0.15) is 5.54 Å². The summed E-state index contributed by atoms with van der Waals surface area (Å²) in [5.74, 6) is -0.597. The minimum absolute atomic E-state index is 0.00438. The van der Waals surface area contributed by atoms with Crippen LogP contribution in [0.5, 0.6) is 0 Å². The number of hydrogen-bond donors (Lipinski definition) is 2. The van der Waals surface area contributed by atoms with Crippen LogP contribution in [0.15, 0.2) is 58.2 Å². The van der Waals surface area contributed by atoms with Crippen LogP contribution in [0.3, 0.4) is 0 Å². The zero-order valence-electron chi connectivity index (χ0n) is 23.8. The van der Waals surface area contributed by atoms with E-state index in [1.165, 1.54) is 37.9 Å². The number of aliphatic hydroxyl groups excluding tert-OH is 1. The SMILES string of the molecule is CC(=O)N1CCC2(N)CN(S(=O)(=O)c3cnc4n3[C@](C)(Cc3ccc(Br)cc3)C(=O)N4c3cc(Cl)cc(Cl)c3)CCN2C1O. The van der Waals surface area contributed by atoms with Crippen LogP contribution in [0, 0.1) is 0 Å². The van der Waals surface area contributed by atoms with Crippen molar-refractivity contribution in [1.29, 1.82) is 0 Å². The summed E-state index contributed by atoms with van der Waals surface area (Å²) in [6, 6.07) is 12.1. The molecular formula is C28H30BrCl2N7O5S. The average Bonchev–Trinajstić information content (AvgIpc) is 3.47. The Labute approximate surface area is 273 Å². The summed E-state index contributed by atoms with van der Waals surface area (Å²) in [5.41, 5.74) is 5.23. The van der Waals surface area contributed by atoms with Crippen LogP contribution in [0.1, 0.15) is 25.8 Å². The molecule has 12 nitrogen and oxygen atoms in total. The largest absolute Gasteiger partial charge is 0.361 e. The van der Waals surface area contributed by atoms with Crippen LogP contribution >= 0.6 is 39.1 Å². The Kier molecular flexibility index (Phi) is 7.89. The molecular weight excluding hydrogens is 697 g/mol. The highest BCUT2D eigenvalue weighted by atomic mass is 79.9. The summed E-state index contributed by atoms with van der Waals surface area (Å²) in [7, 11) is -4.27. The van der Waals surface area contributed by atoms with Crippen LogP contribution in [-0.2, 0) is 31.6 Å². The second-order valence-corrected chi connectivity index (χ2v) is 15.2. The van der Waals surface area contributed by atoms with Crippen molar-refractivity contribution in [3.05, 3.63) is 68.7 Å². The zero-order chi connectivity index (χ0) is 31.8. The number of rotatable bonds is 5. The average molecular weight is 727 g/mol. The number of carbonyl (C=O) groups is 2. The number of halogens is 3. The fourth-order valence-corrected chi connectivity index (χ4v) is 8.81. The van der Waals surface area contributed by atoms with Crippen molar-refractivity contribution in [2.75, 3.05) is 31.1 Å². The topological polar surface area (TPSA) is 145 Å². The van der Waals surface area contributed by atoms with Crippen LogP contribution < -0.4 is 10.6 Å². The summed E-state index contributed by atoms with van der Waals surface area (Å²) in [4.78, 5) is 35.0. The first-order valence-electron chi connectivity index (χ1n) is 13.8. The lowest BCUT2D eigenvalue weighted by atomic mass is 9.92. The molecule has 2 saturated heterocycles. The third kappa shape index (κ3) is 5.05. The molecule has 3 atom stereocenters. The van der Waals surface area contributed by atoms with E-state index < -0.39 is 33.5 Å². The van der Waals surface area contributed by atoms with Crippen molar-refractivity contribution in [3.8, 4) is 0 Å². The number of imidazole rings is 1. The molecule has 0 radical (unpaired) electrons. The maximum absolute atomic E-state index is 14.4. The number of sulfonamides is 1. The van der Waals surface area contributed by atoms with Gasteiger partial charge in [-0.15, -0.1) is 0 Å². The maximum Gasteiger partial charge on any atom is 0.260 e. The van der Waals surface area contributed by atoms with Gasteiger partial charge in [0.05, 0.1) is 17.5 Å². The Bertz CT molecular complexity index is 1750. The Hall–Kier alpha value is -2.56. The normalized spacial score (nSPS) is 26.2. The second kappa shape index (κ2) is 11.1. The number of nitrogens with zero attached hydrogens (tertiary/aromatic N) is 6. The predicted molar refractivity (Wildman–Crippen MR) is 168 cm³/mol. The molecule has 6 rings (SSSR count). The van der Waals surface area contributed by atoms with Gasteiger partial charge in [-0.2, -0.15) is 4.31 Å². The maximum atomic E-state index is 14.4. The monoisotopic (exact) mass is 725 g/mol. The van der Waals surface area contributed by atoms with Crippen LogP contribution in [-0.4, -0.2) is 87.2 Å². The van der Waals surface area contributed by atoms with E-state index in [9.17, 15) is 23.1 Å². The fraction of sp³-hybridized carbons (Fsp3) is 0.393. The minimum atomic E-state index is -4.27. The number of fused-ring (bicyclic) bond motifs is 2. The first-order chi connectivity index (χ1) is 20.7. The van der Waals surface area contributed by atoms with Crippen molar-refractivity contribution in [1.82, 2.24) is 23.7 Å². The Balaban J connectivity index is 1.42. The zero-order valence-corrected chi connectivity index (χ0v) is 27.7. The summed E-state index contributed by atoms with van der Waals surface area (Å²) in [5, 5.41) is 11.3. The molecule has 2 aromatic carbocycles. The molecule has 44 heavy (non-hydrogen) atoms. The summed E-state index contributed by atoms with van der Waals surface area (Å²) in [6.07, 6.45) is 0.403. The highest BCUT2D eigenvalue weighted by Crippen LogP contribution is 2.45. The number of carbonyl (C=O) groups excluding carboxylic acids is 2. The summed E-state index contributed by atoms with van der Waals surface area (Å²) >= 11 is 16.0. The molecule has 3 aromatic rings. The fourth-order valence-electron chi connectivity index (χ4n) is 6.35. The molecule has 3 aliphatic heterocycles. The number of benzene rings is 2. The number of aliphatic hydroxyl groups is 1. The van der Waals surface area contributed by atoms with Gasteiger partial charge in [0, 0.05) is 54.0 Å². The van der Waals surface area contributed by atoms with Crippen LogP contribution in [0.25, 0.3) is 0 Å². The first-order valence-corrected chi connectivity index (χ1v) is 16.8. The van der Waals surface area contributed by atoms with Gasteiger partial charge in [-0.05, 0) is 49.2 Å². The number of nitrogens with two attached hydrogens (primary N) is 1. The number of aromatic nitrogens is 2. The molecule has 4 heterocycles. The Morgan fingerprint density at radius 2 is 1.80 bits per heavy atom. The van der Waals surface area contributed by atoms with E-state index in [4.69, 9.17) is 28.9 Å². The van der Waals surface area contributed by atoms with Gasteiger partial charge in [-0.3, -0.25) is 14.2 Å². The van der Waals surface area contributed by atoms with E-state index in [-0.39, 0.29) is 55.9 Å². The Morgan fingerprint density at radius 1 is 1.14 bits per heavy atom. The van der Waals surface area contributed by atoms with Crippen LogP contribution in [0.2, 0.25) is 10.0 Å². The number of hydrogen-bond acceptors (Lipinski definition) is 8. The lowest BCUT2D eigenvalue weighted by Gasteiger charge is -2.55. The number of piperazine rings is 1.